The lowest BCUT2D eigenvalue weighted by Gasteiger charge is -1.95. The van der Waals surface area contributed by atoms with E-state index in [1.165, 1.54) is 0 Å². The Morgan fingerprint density at radius 1 is 1.67 bits per heavy atom. The van der Waals surface area contributed by atoms with Crippen molar-refractivity contribution in [2.24, 2.45) is 0 Å². The largest absolute Gasteiger partial charge is 0.375 e. The lowest BCUT2D eigenvalue weighted by atomic mass is 10.5. The minimum atomic E-state index is 0.636. The summed E-state index contributed by atoms with van der Waals surface area (Å²) in [6.07, 6.45) is 0. The number of thiazole rings is 1. The van der Waals surface area contributed by atoms with Crippen LogP contribution in [0.25, 0.3) is 0 Å². The summed E-state index contributed by atoms with van der Waals surface area (Å²) in [5, 5.41) is 6.22. The van der Waals surface area contributed by atoms with Crippen LogP contribution in [0.4, 0.5) is 0 Å². The standard InChI is InChI=1S/C8H14N2OS/c1-3-11-5-7-6-12-8(10-7)4-9-2/h6,9H,3-5H2,1-2H3. The second-order valence-electron chi connectivity index (χ2n) is 2.40. The third-order valence-corrected chi connectivity index (χ3v) is 2.28. The van der Waals surface area contributed by atoms with Crippen molar-refractivity contribution < 1.29 is 4.74 Å². The van der Waals surface area contributed by atoms with Crippen molar-refractivity contribution in [2.75, 3.05) is 13.7 Å². The number of aromatic nitrogens is 1. The number of rotatable bonds is 5. The van der Waals surface area contributed by atoms with Crippen LogP contribution in [0.15, 0.2) is 5.38 Å². The summed E-state index contributed by atoms with van der Waals surface area (Å²) >= 11 is 1.67. The normalized spacial score (nSPS) is 10.5. The molecule has 0 amide bonds. The number of nitrogens with zero attached hydrogens (tertiary/aromatic N) is 1. The van der Waals surface area contributed by atoms with Gasteiger partial charge in [0.25, 0.3) is 0 Å². The van der Waals surface area contributed by atoms with E-state index >= 15 is 0 Å². The first-order valence-corrected chi connectivity index (χ1v) is 4.90. The Labute approximate surface area is 76.8 Å². The highest BCUT2D eigenvalue weighted by Crippen LogP contribution is 2.09. The summed E-state index contributed by atoms with van der Waals surface area (Å²) in [7, 11) is 1.92. The lowest BCUT2D eigenvalue weighted by Crippen LogP contribution is -2.04. The van der Waals surface area contributed by atoms with Gasteiger partial charge < -0.3 is 10.1 Å². The van der Waals surface area contributed by atoms with Crippen LogP contribution < -0.4 is 5.32 Å². The summed E-state index contributed by atoms with van der Waals surface area (Å²) in [5.74, 6) is 0. The molecule has 12 heavy (non-hydrogen) atoms. The topological polar surface area (TPSA) is 34.1 Å². The van der Waals surface area contributed by atoms with E-state index < -0.39 is 0 Å². The Morgan fingerprint density at radius 2 is 2.50 bits per heavy atom. The molecule has 0 fully saturated rings. The fourth-order valence-electron chi connectivity index (χ4n) is 0.854. The first kappa shape index (κ1) is 9.64. The molecule has 0 radical (unpaired) electrons. The van der Waals surface area contributed by atoms with Crippen molar-refractivity contribution >= 4 is 11.3 Å². The van der Waals surface area contributed by atoms with E-state index in [0.717, 1.165) is 23.9 Å². The maximum atomic E-state index is 5.23. The fourth-order valence-corrected chi connectivity index (χ4v) is 1.64. The predicted octanol–water partition coefficient (Wildman–Crippen LogP) is 1.40. The van der Waals surface area contributed by atoms with E-state index in [1.54, 1.807) is 11.3 Å². The summed E-state index contributed by atoms with van der Waals surface area (Å²) < 4.78 is 5.23. The van der Waals surface area contributed by atoms with Crippen molar-refractivity contribution in [1.29, 1.82) is 0 Å². The molecule has 0 saturated heterocycles. The highest BCUT2D eigenvalue weighted by atomic mass is 32.1. The Kier molecular flexibility index (Phi) is 4.21. The van der Waals surface area contributed by atoms with E-state index in [0.29, 0.717) is 6.61 Å². The molecule has 1 aromatic rings. The molecule has 1 heterocycles. The molecule has 0 aliphatic rings. The summed E-state index contributed by atoms with van der Waals surface area (Å²) in [4.78, 5) is 4.37. The zero-order valence-corrected chi connectivity index (χ0v) is 8.28. The zero-order chi connectivity index (χ0) is 8.81. The second kappa shape index (κ2) is 5.24. The maximum Gasteiger partial charge on any atom is 0.107 e. The number of hydrogen-bond acceptors (Lipinski definition) is 4. The number of hydrogen-bond donors (Lipinski definition) is 1. The van der Waals surface area contributed by atoms with E-state index in [2.05, 4.69) is 10.3 Å². The van der Waals surface area contributed by atoms with E-state index in [9.17, 15) is 0 Å². The molecule has 3 nitrogen and oxygen atoms in total. The third-order valence-electron chi connectivity index (χ3n) is 1.38. The molecule has 0 unspecified atom stereocenters. The molecule has 0 spiro atoms. The fraction of sp³-hybridized carbons (Fsp3) is 0.625. The monoisotopic (exact) mass is 186 g/mol. The van der Waals surface area contributed by atoms with Crippen LogP contribution in [-0.4, -0.2) is 18.6 Å². The molecule has 0 saturated carbocycles. The molecule has 1 aromatic heterocycles. The zero-order valence-electron chi connectivity index (χ0n) is 7.46. The Morgan fingerprint density at radius 3 is 3.17 bits per heavy atom. The third kappa shape index (κ3) is 2.89. The average Bonchev–Trinajstić information content (AvgIpc) is 2.50. The van der Waals surface area contributed by atoms with Gasteiger partial charge in [-0.2, -0.15) is 0 Å². The molecule has 68 valence electrons. The van der Waals surface area contributed by atoms with Crippen molar-refractivity contribution in [1.82, 2.24) is 10.3 Å². The molecule has 0 aliphatic heterocycles. The molecule has 0 aromatic carbocycles. The van der Waals surface area contributed by atoms with Gasteiger partial charge in [0.05, 0.1) is 12.3 Å². The Hall–Kier alpha value is -0.450. The van der Waals surface area contributed by atoms with Crippen LogP contribution in [0.1, 0.15) is 17.6 Å². The Balaban J connectivity index is 2.41. The van der Waals surface area contributed by atoms with Gasteiger partial charge >= 0.3 is 0 Å². The number of ether oxygens (including phenoxy) is 1. The first-order valence-electron chi connectivity index (χ1n) is 4.02. The lowest BCUT2D eigenvalue weighted by molar-refractivity contribution is 0.131. The molecule has 1 N–H and O–H groups in total. The van der Waals surface area contributed by atoms with Gasteiger partial charge in [0.1, 0.15) is 5.01 Å². The van der Waals surface area contributed by atoms with Crippen LogP contribution in [0.2, 0.25) is 0 Å². The summed E-state index contributed by atoms with van der Waals surface area (Å²) in [5.41, 5.74) is 1.03. The van der Waals surface area contributed by atoms with E-state index in [1.807, 2.05) is 19.4 Å². The molecular weight excluding hydrogens is 172 g/mol. The molecular formula is C8H14N2OS. The molecule has 0 aliphatic carbocycles. The van der Waals surface area contributed by atoms with Gasteiger partial charge in [-0.25, -0.2) is 4.98 Å². The second-order valence-corrected chi connectivity index (χ2v) is 3.34. The van der Waals surface area contributed by atoms with Crippen molar-refractivity contribution in [3.05, 3.63) is 16.1 Å². The van der Waals surface area contributed by atoms with E-state index in [-0.39, 0.29) is 0 Å². The maximum absolute atomic E-state index is 5.23. The SMILES string of the molecule is CCOCc1csc(CNC)n1. The van der Waals surface area contributed by atoms with Gasteiger partial charge in [0.15, 0.2) is 0 Å². The van der Waals surface area contributed by atoms with E-state index in [4.69, 9.17) is 4.74 Å². The highest BCUT2D eigenvalue weighted by Gasteiger charge is 1.99. The smallest absolute Gasteiger partial charge is 0.107 e. The first-order chi connectivity index (χ1) is 5.86. The van der Waals surface area contributed by atoms with Gasteiger partial charge in [-0.1, -0.05) is 0 Å². The van der Waals surface area contributed by atoms with Gasteiger partial charge in [-0.15, -0.1) is 11.3 Å². The minimum absolute atomic E-state index is 0.636. The van der Waals surface area contributed by atoms with Crippen LogP contribution in [-0.2, 0) is 17.9 Å². The number of nitrogens with one attached hydrogen (secondary N) is 1. The Bertz CT molecular complexity index is 225. The highest BCUT2D eigenvalue weighted by molar-refractivity contribution is 7.09. The quantitative estimate of drug-likeness (QED) is 0.754. The average molecular weight is 186 g/mol. The predicted molar refractivity (Wildman–Crippen MR) is 50.2 cm³/mol. The molecule has 4 heteroatoms. The van der Waals surface area contributed by atoms with Crippen LogP contribution in [0.5, 0.6) is 0 Å². The molecule has 0 bridgehead atoms. The van der Waals surface area contributed by atoms with Gasteiger partial charge in [0, 0.05) is 18.5 Å². The minimum Gasteiger partial charge on any atom is -0.375 e. The summed E-state index contributed by atoms with van der Waals surface area (Å²) in [6.45, 7) is 4.22. The van der Waals surface area contributed by atoms with Crippen LogP contribution in [0.3, 0.4) is 0 Å². The van der Waals surface area contributed by atoms with Crippen molar-refractivity contribution in [2.45, 2.75) is 20.1 Å². The molecule has 1 rings (SSSR count). The van der Waals surface area contributed by atoms with Gasteiger partial charge in [0.2, 0.25) is 0 Å². The van der Waals surface area contributed by atoms with Gasteiger partial charge in [-0.05, 0) is 14.0 Å². The van der Waals surface area contributed by atoms with Crippen molar-refractivity contribution in [3.8, 4) is 0 Å². The summed E-state index contributed by atoms with van der Waals surface area (Å²) in [6, 6.07) is 0. The molecule has 0 atom stereocenters. The van der Waals surface area contributed by atoms with Crippen LogP contribution in [0, 0.1) is 0 Å². The van der Waals surface area contributed by atoms with Crippen molar-refractivity contribution in [3.63, 3.8) is 0 Å². The van der Waals surface area contributed by atoms with Gasteiger partial charge in [-0.3, -0.25) is 0 Å². The van der Waals surface area contributed by atoms with Crippen LogP contribution >= 0.6 is 11.3 Å².